The molecule has 4 rings (SSSR count). The first kappa shape index (κ1) is 52.8. The van der Waals surface area contributed by atoms with Crippen LogP contribution >= 0.6 is 7.82 Å². The van der Waals surface area contributed by atoms with Gasteiger partial charge in [0, 0.05) is 12.8 Å². The van der Waals surface area contributed by atoms with Crippen LogP contribution in [0.15, 0.2) is 0 Å². The number of aliphatic hydroxyl groups is 12. The zero-order chi connectivity index (χ0) is 46.8. The van der Waals surface area contributed by atoms with Crippen molar-refractivity contribution in [2.24, 2.45) is 0 Å². The van der Waals surface area contributed by atoms with Gasteiger partial charge in [0.05, 0.1) is 38.6 Å². The van der Waals surface area contributed by atoms with E-state index in [4.69, 9.17) is 37.7 Å². The highest BCUT2D eigenvalue weighted by Gasteiger charge is 2.63. The predicted molar refractivity (Wildman–Crippen MR) is 187 cm³/mol. The second-order valence-electron chi connectivity index (χ2n) is 14.9. The largest absolute Gasteiger partial charge is 0.477 e. The molecule has 0 aliphatic carbocycles. The lowest BCUT2D eigenvalue weighted by atomic mass is 9.89. The fourth-order valence-electron chi connectivity index (χ4n) is 7.60. The number of aliphatic hydroxyl groups excluding tert-OH is 12. The molecule has 18 N–H and O–H groups in total. The fourth-order valence-corrected chi connectivity index (χ4v) is 8.17. The maximum Gasteiger partial charge on any atom is 0.470 e. The predicted octanol–water partition coefficient (Wildman–Crippen LogP) is -9.69. The molecule has 0 saturated carbocycles. The van der Waals surface area contributed by atoms with Gasteiger partial charge in [-0.3, -0.25) is 4.52 Å². The molecule has 21 atom stereocenters. The number of carbonyl (C=O) groups is 2. The second-order valence-corrected chi connectivity index (χ2v) is 16.1. The van der Waals surface area contributed by atoms with Crippen molar-refractivity contribution in [1.82, 2.24) is 5.32 Å². The van der Waals surface area contributed by atoms with Crippen molar-refractivity contribution in [3.05, 3.63) is 0 Å². The molecule has 62 heavy (non-hydrogen) atoms. The maximum absolute atomic E-state index is 13.3. The van der Waals surface area contributed by atoms with Crippen LogP contribution in [0.25, 0.3) is 0 Å². The molecule has 0 bridgehead atoms. The van der Waals surface area contributed by atoms with Gasteiger partial charge in [-0.2, -0.15) is 0 Å². The van der Waals surface area contributed by atoms with Gasteiger partial charge in [-0.1, -0.05) is 0 Å². The summed E-state index contributed by atoms with van der Waals surface area (Å²) in [7, 11) is -3.36. The van der Waals surface area contributed by atoms with Crippen molar-refractivity contribution < 1.29 is 143 Å². The summed E-state index contributed by atoms with van der Waals surface area (Å²) in [4.78, 5) is 45.8. The highest BCUT2D eigenvalue weighted by molar-refractivity contribution is 7.46. The van der Waals surface area contributed by atoms with Crippen molar-refractivity contribution in [2.45, 2.75) is 141 Å². The number of ether oxygens (including phenoxy) is 7. The van der Waals surface area contributed by atoms with Crippen molar-refractivity contribution in [3.8, 4) is 0 Å². The lowest BCUT2D eigenvalue weighted by molar-refractivity contribution is -0.470. The van der Waals surface area contributed by atoms with Gasteiger partial charge in [0.15, 0.2) is 25.8 Å². The zero-order valence-electron chi connectivity index (χ0n) is 32.7. The molecule has 4 aliphatic rings. The molecule has 4 aliphatic heterocycles. The van der Waals surface area contributed by atoms with E-state index in [9.17, 15) is 101 Å². The molecule has 4 fully saturated rings. The van der Waals surface area contributed by atoms with Crippen LogP contribution in [0.1, 0.15) is 12.8 Å². The number of rotatable bonds is 19. The standard InChI is InChI=1S/C31H54NO29P/c1-32-15-25(61(2)49)24(60-62(50,51)52)14(54-26(15)44)8-53-30(28(45)46)4-13(57-31(29(47)48)3-9(36)16(40)21(58-31)11(38)6-34)23(22(59-30)12(39)7-35)56-27-19(43)17(41)18(42)20(55-27)10(37)5-33/h9-27,32-44,49H,3-8H2,1-2H3,(H3-,45,46,47,48,50,51,52)/p+1/t9-,10+,11-,12-,13-,14-,15-,16-,17+,18+,19+,20-,21-,22-,23-,24-,25-,26-,27-,30-,31-/m1/s1. The second kappa shape index (κ2) is 21.2. The molecule has 0 aromatic rings. The first-order chi connectivity index (χ1) is 28.8. The average molecular weight is 937 g/mol. The summed E-state index contributed by atoms with van der Waals surface area (Å²) in [6.07, 6.45) is -41.1. The highest BCUT2D eigenvalue weighted by Crippen LogP contribution is 2.45. The number of hydrogen-bond acceptors (Lipinski definition) is 25. The van der Waals surface area contributed by atoms with E-state index in [0.29, 0.717) is 0 Å². The van der Waals surface area contributed by atoms with Gasteiger partial charge in [0.25, 0.3) is 11.6 Å². The highest BCUT2D eigenvalue weighted by atomic mass is 31.2. The Bertz CT molecular complexity index is 1530. The third kappa shape index (κ3) is 11.2. The lowest BCUT2D eigenvalue weighted by Crippen LogP contribution is -2.70. The number of carboxylic acid groups (broad SMARTS) is 2. The van der Waals surface area contributed by atoms with Crippen LogP contribution in [0.2, 0.25) is 0 Å². The summed E-state index contributed by atoms with van der Waals surface area (Å²) in [6.45, 7) is -4.89. The van der Waals surface area contributed by atoms with Crippen LogP contribution in [0.5, 0.6) is 0 Å². The molecule has 4 saturated heterocycles. The molecular weight excluding hydrogens is 881 g/mol. The number of hydrogen-bond donors (Lipinski definition) is 18. The third-order valence-corrected chi connectivity index (χ3v) is 11.3. The van der Waals surface area contributed by atoms with E-state index >= 15 is 0 Å². The van der Waals surface area contributed by atoms with Crippen LogP contribution in [-0.4, -0.2) is 267 Å². The molecule has 0 aromatic heterocycles. The SMILES string of the molecule is CN[C@@H]1[C@@H]([O+](C)O)[C@H](OP(=O)(O)O)[C@@H](CO[C@]2(C(=O)O)C[C@@H](O[C@]3(C(=O)O)C[C@@H](O)[C@@H](O)[C@@H]([C@H](O)CO)O3)[C@@H](O[C@H]3O[C@H]([C@@H](O)CO)[C@@H](O)[C@H](O)[C@@H]3O)[C@@H]([C@H](O)CO)O2)O[C@H]1O. The Labute approximate surface area is 349 Å². The fraction of sp³-hybridized carbons (Fsp3) is 0.935. The summed E-state index contributed by atoms with van der Waals surface area (Å²) in [5.74, 6) is -10.9. The molecule has 362 valence electrons. The average Bonchev–Trinajstić information content (AvgIpc) is 3.20. The molecule has 0 radical (unpaired) electrons. The Morgan fingerprint density at radius 3 is 1.85 bits per heavy atom. The molecule has 0 aromatic carbocycles. The van der Waals surface area contributed by atoms with Gasteiger partial charge in [0.2, 0.25) is 6.10 Å². The van der Waals surface area contributed by atoms with Gasteiger partial charge >= 0.3 is 19.8 Å². The van der Waals surface area contributed by atoms with E-state index in [1.54, 1.807) is 0 Å². The van der Waals surface area contributed by atoms with Crippen LogP contribution < -0.4 is 5.32 Å². The van der Waals surface area contributed by atoms with Gasteiger partial charge in [-0.25, -0.2) is 18.7 Å². The first-order valence-electron chi connectivity index (χ1n) is 18.6. The van der Waals surface area contributed by atoms with E-state index in [-0.39, 0.29) is 0 Å². The topological polar surface area (TPSA) is 484 Å². The van der Waals surface area contributed by atoms with Crippen molar-refractivity contribution in [2.75, 3.05) is 40.6 Å². The van der Waals surface area contributed by atoms with Crippen molar-refractivity contribution >= 4 is 19.8 Å². The molecule has 0 unspecified atom stereocenters. The van der Waals surface area contributed by atoms with Gasteiger partial charge < -0.3 is 120 Å². The Balaban J connectivity index is 1.86. The third-order valence-electron chi connectivity index (χ3n) is 10.7. The first-order valence-corrected chi connectivity index (χ1v) is 20.2. The van der Waals surface area contributed by atoms with Crippen molar-refractivity contribution in [3.63, 3.8) is 0 Å². The maximum atomic E-state index is 13.3. The van der Waals surface area contributed by atoms with Crippen LogP contribution in [-0.2, 0) is 56.4 Å². The molecule has 0 amide bonds. The smallest absolute Gasteiger partial charge is 0.470 e. The zero-order valence-corrected chi connectivity index (χ0v) is 33.6. The Hall–Kier alpha value is -1.83. The number of carboxylic acids is 2. The van der Waals surface area contributed by atoms with E-state index in [2.05, 4.69) is 5.32 Å². The number of likely N-dealkylation sites (N-methyl/N-ethyl adjacent to an activating group) is 1. The molecular formula is C31H55NO29P+. The van der Waals surface area contributed by atoms with Crippen LogP contribution in [0.3, 0.4) is 0 Å². The van der Waals surface area contributed by atoms with Gasteiger partial charge in [-0.15, -0.1) is 5.26 Å². The Kier molecular flexibility index (Phi) is 18.1. The Morgan fingerprint density at radius 2 is 1.34 bits per heavy atom. The van der Waals surface area contributed by atoms with E-state index in [1.165, 1.54) is 11.6 Å². The minimum atomic E-state index is -5.53. The molecule has 31 heteroatoms. The summed E-state index contributed by atoms with van der Waals surface area (Å²) >= 11 is 0. The van der Waals surface area contributed by atoms with E-state index in [1.807, 2.05) is 0 Å². The summed E-state index contributed by atoms with van der Waals surface area (Å²) in [5.41, 5.74) is 0. The van der Waals surface area contributed by atoms with E-state index in [0.717, 1.165) is 7.11 Å². The number of aliphatic carboxylic acids is 2. The lowest BCUT2D eigenvalue weighted by Gasteiger charge is -2.52. The van der Waals surface area contributed by atoms with Gasteiger partial charge in [0.1, 0.15) is 79.3 Å². The number of phosphoric acid groups is 1. The van der Waals surface area contributed by atoms with E-state index < -0.39 is 187 Å². The van der Waals surface area contributed by atoms with Crippen LogP contribution in [0.4, 0.5) is 0 Å². The van der Waals surface area contributed by atoms with Crippen molar-refractivity contribution in [1.29, 1.82) is 0 Å². The summed E-state index contributed by atoms with van der Waals surface area (Å²) in [5, 5.41) is 159. The molecule has 4 heterocycles. The molecule has 0 spiro atoms. The summed E-state index contributed by atoms with van der Waals surface area (Å²) in [6, 6.07) is -1.39. The number of nitrogens with one attached hydrogen (secondary N) is 1. The normalized spacial score (nSPS) is 43.5. The van der Waals surface area contributed by atoms with Gasteiger partial charge in [-0.05, 0) is 7.05 Å². The van der Waals surface area contributed by atoms with Crippen LogP contribution in [0, 0.1) is 0 Å². The minimum Gasteiger partial charge on any atom is -0.477 e. The molecule has 30 nitrogen and oxygen atoms in total. The minimum absolute atomic E-state index is 0.915. The number of phosphoric ester groups is 1. The monoisotopic (exact) mass is 936 g/mol. The quantitative estimate of drug-likeness (QED) is 0.0247. The Morgan fingerprint density at radius 1 is 0.790 bits per heavy atom. The summed E-state index contributed by atoms with van der Waals surface area (Å²) < 4.78 is 57.5.